The molecule has 1 aliphatic rings. The van der Waals surface area contributed by atoms with Gasteiger partial charge < -0.3 is 4.90 Å². The van der Waals surface area contributed by atoms with Gasteiger partial charge in [0.15, 0.2) is 0 Å². The number of nitrogens with zero attached hydrogens (tertiary/aromatic N) is 1. The molecule has 11 heavy (non-hydrogen) atoms. The molecule has 0 bridgehead atoms. The van der Waals surface area contributed by atoms with Crippen LogP contribution in [0.15, 0.2) is 0 Å². The van der Waals surface area contributed by atoms with Gasteiger partial charge in [0.1, 0.15) is 0 Å². The Hall–Kier alpha value is -0.0400. The zero-order valence-electron chi connectivity index (χ0n) is 7.97. The van der Waals surface area contributed by atoms with Crippen molar-refractivity contribution in [3.8, 4) is 0 Å². The first-order valence-electron chi connectivity index (χ1n) is 4.97. The van der Waals surface area contributed by atoms with E-state index in [2.05, 4.69) is 18.9 Å². The Bertz CT molecular complexity index is 89.0. The lowest BCUT2D eigenvalue weighted by Crippen LogP contribution is -2.24. The van der Waals surface area contributed by atoms with Crippen molar-refractivity contribution in [2.75, 3.05) is 20.1 Å². The predicted octanol–water partition coefficient (Wildman–Crippen LogP) is 2.52. The minimum absolute atomic E-state index is 0.915. The number of rotatable bonds is 0. The Morgan fingerprint density at radius 1 is 1.09 bits per heavy atom. The van der Waals surface area contributed by atoms with Crippen molar-refractivity contribution in [3.63, 3.8) is 0 Å². The largest absolute Gasteiger partial charge is 0.306 e. The first-order chi connectivity index (χ1) is 5.29. The van der Waals surface area contributed by atoms with Gasteiger partial charge in [-0.15, -0.1) is 0 Å². The molecule has 0 radical (unpaired) electrons. The third-order valence-electron chi connectivity index (χ3n) is 2.61. The van der Waals surface area contributed by atoms with Gasteiger partial charge in [0.2, 0.25) is 0 Å². The lowest BCUT2D eigenvalue weighted by atomic mass is 10.0. The van der Waals surface area contributed by atoms with E-state index in [9.17, 15) is 0 Å². The molecule has 0 unspecified atom stereocenters. The quantitative estimate of drug-likeness (QED) is 0.519. The molecule has 0 N–H and O–H groups in total. The van der Waals surface area contributed by atoms with Crippen LogP contribution in [0.5, 0.6) is 0 Å². The second-order valence-electron chi connectivity index (χ2n) is 4.07. The molecule has 1 rings (SSSR count). The zero-order chi connectivity index (χ0) is 8.10. The third-order valence-corrected chi connectivity index (χ3v) is 2.61. The first kappa shape index (κ1) is 9.05. The zero-order valence-corrected chi connectivity index (χ0v) is 7.97. The Morgan fingerprint density at radius 3 is 2.64 bits per heavy atom. The van der Waals surface area contributed by atoms with E-state index in [1.165, 1.54) is 45.2 Å². The van der Waals surface area contributed by atoms with Crippen LogP contribution in [0, 0.1) is 5.92 Å². The maximum absolute atomic E-state index is 2.48. The number of hydrogen-bond donors (Lipinski definition) is 0. The first-order valence-corrected chi connectivity index (χ1v) is 4.97. The summed E-state index contributed by atoms with van der Waals surface area (Å²) >= 11 is 0. The summed E-state index contributed by atoms with van der Waals surface area (Å²) in [5.74, 6) is 0.915. The van der Waals surface area contributed by atoms with Crippen LogP contribution in [-0.2, 0) is 0 Å². The fourth-order valence-electron chi connectivity index (χ4n) is 1.94. The Balaban J connectivity index is 2.27. The third kappa shape index (κ3) is 3.76. The monoisotopic (exact) mass is 155 g/mol. The van der Waals surface area contributed by atoms with Gasteiger partial charge in [0.05, 0.1) is 0 Å². The Kier molecular flexibility index (Phi) is 3.92. The highest BCUT2D eigenvalue weighted by atomic mass is 15.1. The summed E-state index contributed by atoms with van der Waals surface area (Å²) in [6.45, 7) is 4.99. The maximum Gasteiger partial charge on any atom is 0.000397 e. The van der Waals surface area contributed by atoms with Gasteiger partial charge in [-0.25, -0.2) is 0 Å². The topological polar surface area (TPSA) is 3.24 Å². The Labute approximate surface area is 70.8 Å². The molecule has 1 atom stereocenters. The summed E-state index contributed by atoms with van der Waals surface area (Å²) in [5.41, 5.74) is 0. The van der Waals surface area contributed by atoms with Crippen molar-refractivity contribution >= 4 is 0 Å². The van der Waals surface area contributed by atoms with Crippen LogP contribution in [-0.4, -0.2) is 25.0 Å². The van der Waals surface area contributed by atoms with Crippen molar-refractivity contribution in [2.24, 2.45) is 5.92 Å². The van der Waals surface area contributed by atoms with Crippen molar-refractivity contribution in [2.45, 2.75) is 39.0 Å². The second kappa shape index (κ2) is 4.76. The molecule has 0 saturated carbocycles. The molecule has 66 valence electrons. The molecule has 1 heterocycles. The minimum atomic E-state index is 0.915. The van der Waals surface area contributed by atoms with Gasteiger partial charge in [0.25, 0.3) is 0 Å². The highest BCUT2D eigenvalue weighted by molar-refractivity contribution is 4.62. The predicted molar refractivity (Wildman–Crippen MR) is 49.7 cm³/mol. The van der Waals surface area contributed by atoms with Crippen LogP contribution >= 0.6 is 0 Å². The average Bonchev–Trinajstić information content (AvgIpc) is 2.02. The standard InChI is InChI=1S/C10H21N/c1-10-7-5-3-4-6-8-11(2)9-10/h10H,3-9H2,1-2H3/t10-/m0/s1. The molecule has 1 aliphatic heterocycles. The lowest BCUT2D eigenvalue weighted by Gasteiger charge is -2.19. The van der Waals surface area contributed by atoms with Crippen LogP contribution in [0.3, 0.4) is 0 Å². The van der Waals surface area contributed by atoms with Crippen molar-refractivity contribution in [1.29, 1.82) is 0 Å². The molecular formula is C10H21N. The van der Waals surface area contributed by atoms with E-state index in [1.54, 1.807) is 0 Å². The normalized spacial score (nSPS) is 30.5. The van der Waals surface area contributed by atoms with Crippen molar-refractivity contribution < 1.29 is 0 Å². The van der Waals surface area contributed by atoms with E-state index in [4.69, 9.17) is 0 Å². The molecule has 0 amide bonds. The summed E-state index contributed by atoms with van der Waals surface area (Å²) in [6.07, 6.45) is 7.19. The molecule has 0 aromatic carbocycles. The Morgan fingerprint density at radius 2 is 1.82 bits per heavy atom. The summed E-state index contributed by atoms with van der Waals surface area (Å²) in [6, 6.07) is 0. The summed E-state index contributed by atoms with van der Waals surface area (Å²) in [4.78, 5) is 2.48. The fourth-order valence-corrected chi connectivity index (χ4v) is 1.94. The van der Waals surface area contributed by atoms with E-state index >= 15 is 0 Å². The summed E-state index contributed by atoms with van der Waals surface area (Å²) in [5, 5.41) is 0. The lowest BCUT2D eigenvalue weighted by molar-refractivity contribution is 0.283. The molecule has 1 heteroatoms. The van der Waals surface area contributed by atoms with E-state index < -0.39 is 0 Å². The van der Waals surface area contributed by atoms with Crippen LogP contribution in [0.25, 0.3) is 0 Å². The SMILES string of the molecule is C[C@H]1CCCCCCN(C)C1. The molecule has 0 aromatic heterocycles. The molecule has 1 fully saturated rings. The summed E-state index contributed by atoms with van der Waals surface area (Å²) < 4.78 is 0. The fraction of sp³-hybridized carbons (Fsp3) is 1.00. The molecule has 0 aliphatic carbocycles. The van der Waals surface area contributed by atoms with Crippen molar-refractivity contribution in [1.82, 2.24) is 4.90 Å². The molecule has 1 nitrogen and oxygen atoms in total. The van der Waals surface area contributed by atoms with E-state index in [0.717, 1.165) is 5.92 Å². The van der Waals surface area contributed by atoms with E-state index in [-0.39, 0.29) is 0 Å². The van der Waals surface area contributed by atoms with Crippen molar-refractivity contribution in [3.05, 3.63) is 0 Å². The highest BCUT2D eigenvalue weighted by Crippen LogP contribution is 2.14. The summed E-state index contributed by atoms with van der Waals surface area (Å²) in [7, 11) is 2.25. The van der Waals surface area contributed by atoms with Gasteiger partial charge >= 0.3 is 0 Å². The van der Waals surface area contributed by atoms with Crippen LogP contribution in [0.2, 0.25) is 0 Å². The van der Waals surface area contributed by atoms with Gasteiger partial charge in [-0.2, -0.15) is 0 Å². The maximum atomic E-state index is 2.48. The minimum Gasteiger partial charge on any atom is -0.306 e. The average molecular weight is 155 g/mol. The molecule has 0 spiro atoms. The van der Waals surface area contributed by atoms with Gasteiger partial charge in [-0.3, -0.25) is 0 Å². The van der Waals surface area contributed by atoms with E-state index in [1.807, 2.05) is 0 Å². The molecule has 1 saturated heterocycles. The van der Waals surface area contributed by atoms with Crippen LogP contribution in [0.4, 0.5) is 0 Å². The smallest absolute Gasteiger partial charge is 0.000397 e. The van der Waals surface area contributed by atoms with Gasteiger partial charge in [0, 0.05) is 6.54 Å². The highest BCUT2D eigenvalue weighted by Gasteiger charge is 2.08. The molecular weight excluding hydrogens is 134 g/mol. The van der Waals surface area contributed by atoms with Gasteiger partial charge in [-0.1, -0.05) is 26.2 Å². The van der Waals surface area contributed by atoms with Gasteiger partial charge in [-0.05, 0) is 32.4 Å². The molecule has 0 aromatic rings. The van der Waals surface area contributed by atoms with Crippen LogP contribution in [0.1, 0.15) is 39.0 Å². The second-order valence-corrected chi connectivity index (χ2v) is 4.07. The van der Waals surface area contributed by atoms with Crippen LogP contribution < -0.4 is 0 Å². The van der Waals surface area contributed by atoms with E-state index in [0.29, 0.717) is 0 Å². The number of hydrogen-bond acceptors (Lipinski definition) is 1.